The van der Waals surface area contributed by atoms with Crippen LogP contribution in [0.4, 0.5) is 4.39 Å². The zero-order valence-corrected chi connectivity index (χ0v) is 11.4. The van der Waals surface area contributed by atoms with Crippen molar-refractivity contribution in [2.45, 2.75) is 25.6 Å². The van der Waals surface area contributed by atoms with Crippen molar-refractivity contribution in [2.24, 2.45) is 5.73 Å². The van der Waals surface area contributed by atoms with Crippen LogP contribution in [0.1, 0.15) is 22.8 Å². The molecule has 1 aliphatic heterocycles. The number of halogens is 1. The Kier molecular flexibility index (Phi) is 4.69. The number of hydrogen-bond donors (Lipinski definition) is 2. The Morgan fingerprint density at radius 3 is 3.00 bits per heavy atom. The van der Waals surface area contributed by atoms with Gasteiger partial charge in [0.1, 0.15) is 5.82 Å². The van der Waals surface area contributed by atoms with Gasteiger partial charge in [-0.2, -0.15) is 0 Å². The fourth-order valence-electron chi connectivity index (χ4n) is 2.27. The van der Waals surface area contributed by atoms with Crippen LogP contribution in [-0.2, 0) is 11.3 Å². The van der Waals surface area contributed by atoms with Crippen molar-refractivity contribution >= 4 is 5.91 Å². The highest BCUT2D eigenvalue weighted by atomic mass is 19.1. The minimum absolute atomic E-state index is 0.0625. The number of carbonyl (C=O) groups is 1. The predicted octanol–water partition coefficient (Wildman–Crippen LogP) is 0.506. The largest absolute Gasteiger partial charge is 0.394 e. The van der Waals surface area contributed by atoms with Crippen LogP contribution in [0.2, 0.25) is 0 Å². The Morgan fingerprint density at radius 2 is 2.35 bits per heavy atom. The Labute approximate surface area is 117 Å². The van der Waals surface area contributed by atoms with Gasteiger partial charge >= 0.3 is 0 Å². The van der Waals surface area contributed by atoms with Crippen LogP contribution < -0.4 is 5.73 Å². The van der Waals surface area contributed by atoms with Gasteiger partial charge < -0.3 is 15.6 Å². The number of amides is 1. The van der Waals surface area contributed by atoms with Crippen LogP contribution in [0.5, 0.6) is 0 Å². The summed E-state index contributed by atoms with van der Waals surface area (Å²) in [6.45, 7) is 3.28. The fraction of sp³-hybridized carbons (Fsp3) is 0.500. The number of rotatable bonds is 4. The lowest BCUT2D eigenvalue weighted by atomic mass is 10.1. The number of nitrogens with two attached hydrogens (primary N) is 1. The highest BCUT2D eigenvalue weighted by Crippen LogP contribution is 2.18. The molecule has 0 bridgehead atoms. The van der Waals surface area contributed by atoms with E-state index in [4.69, 9.17) is 15.6 Å². The molecule has 0 aliphatic carbocycles. The molecule has 20 heavy (non-hydrogen) atoms. The predicted molar refractivity (Wildman–Crippen MR) is 71.6 cm³/mol. The minimum Gasteiger partial charge on any atom is -0.394 e. The number of aliphatic hydroxyl groups is 1. The smallest absolute Gasteiger partial charge is 0.248 e. The number of nitrogens with zero attached hydrogens (tertiary/aromatic N) is 1. The van der Waals surface area contributed by atoms with E-state index in [9.17, 15) is 9.18 Å². The zero-order valence-electron chi connectivity index (χ0n) is 11.4. The number of benzene rings is 1. The first-order chi connectivity index (χ1) is 9.51. The van der Waals surface area contributed by atoms with Gasteiger partial charge in [-0.1, -0.05) is 0 Å². The molecule has 1 heterocycles. The summed E-state index contributed by atoms with van der Waals surface area (Å²) < 4.78 is 19.3. The summed E-state index contributed by atoms with van der Waals surface area (Å²) in [5, 5.41) is 9.15. The van der Waals surface area contributed by atoms with Crippen molar-refractivity contribution in [3.05, 3.63) is 35.1 Å². The van der Waals surface area contributed by atoms with Crippen molar-refractivity contribution < 1.29 is 19.0 Å². The van der Waals surface area contributed by atoms with Crippen molar-refractivity contribution in [3.8, 4) is 0 Å². The number of ether oxygens (including phenoxy) is 1. The lowest BCUT2D eigenvalue weighted by molar-refractivity contribution is -0.0807. The van der Waals surface area contributed by atoms with E-state index in [1.54, 1.807) is 0 Å². The second kappa shape index (κ2) is 6.30. The molecule has 1 fully saturated rings. The Bertz CT molecular complexity index is 495. The topological polar surface area (TPSA) is 75.8 Å². The van der Waals surface area contributed by atoms with E-state index in [1.807, 2.05) is 11.8 Å². The van der Waals surface area contributed by atoms with Crippen LogP contribution in [0.15, 0.2) is 18.2 Å². The SMILES string of the molecule is CC1COC(CO)CN1Cc1cc(C(N)=O)ccc1F. The van der Waals surface area contributed by atoms with Gasteiger partial charge in [0.05, 0.1) is 19.3 Å². The lowest BCUT2D eigenvalue weighted by Gasteiger charge is -2.37. The van der Waals surface area contributed by atoms with E-state index >= 15 is 0 Å². The molecule has 0 saturated carbocycles. The highest BCUT2D eigenvalue weighted by Gasteiger charge is 2.26. The molecule has 1 saturated heterocycles. The maximum atomic E-state index is 13.8. The van der Waals surface area contributed by atoms with Gasteiger partial charge in [0.2, 0.25) is 5.91 Å². The molecular formula is C14H19FN2O3. The molecule has 0 spiro atoms. The minimum atomic E-state index is -0.575. The van der Waals surface area contributed by atoms with Gasteiger partial charge in [0, 0.05) is 30.3 Å². The summed E-state index contributed by atoms with van der Waals surface area (Å²) in [6, 6.07) is 4.23. The summed E-state index contributed by atoms with van der Waals surface area (Å²) in [7, 11) is 0. The first-order valence-electron chi connectivity index (χ1n) is 6.56. The third kappa shape index (κ3) is 3.33. The van der Waals surface area contributed by atoms with Crippen LogP contribution in [0.3, 0.4) is 0 Å². The van der Waals surface area contributed by atoms with Crippen molar-refractivity contribution in [1.29, 1.82) is 0 Å². The summed E-state index contributed by atoms with van der Waals surface area (Å²) in [5.74, 6) is -0.941. The molecule has 3 N–H and O–H groups in total. The average molecular weight is 282 g/mol. The summed E-state index contributed by atoms with van der Waals surface area (Å²) in [4.78, 5) is 13.2. The van der Waals surface area contributed by atoms with E-state index in [0.29, 0.717) is 30.8 Å². The molecule has 1 aliphatic rings. The quantitative estimate of drug-likeness (QED) is 0.843. The fourth-order valence-corrected chi connectivity index (χ4v) is 2.27. The van der Waals surface area contributed by atoms with Gasteiger partial charge in [-0.3, -0.25) is 9.69 Å². The lowest BCUT2D eigenvalue weighted by Crippen LogP contribution is -2.48. The van der Waals surface area contributed by atoms with Gasteiger partial charge in [-0.15, -0.1) is 0 Å². The molecule has 2 atom stereocenters. The normalized spacial score (nSPS) is 23.8. The second-order valence-electron chi connectivity index (χ2n) is 5.09. The van der Waals surface area contributed by atoms with E-state index in [2.05, 4.69) is 0 Å². The van der Waals surface area contributed by atoms with Gasteiger partial charge in [0.25, 0.3) is 0 Å². The molecular weight excluding hydrogens is 263 g/mol. The summed E-state index contributed by atoms with van der Waals surface area (Å²) >= 11 is 0. The number of primary amides is 1. The maximum Gasteiger partial charge on any atom is 0.248 e. The van der Waals surface area contributed by atoms with Gasteiger partial charge in [-0.25, -0.2) is 4.39 Å². The molecule has 110 valence electrons. The summed E-state index contributed by atoms with van der Waals surface area (Å²) in [6.07, 6.45) is -0.256. The molecule has 0 aromatic heterocycles. The molecule has 1 amide bonds. The molecule has 2 rings (SSSR count). The third-order valence-corrected chi connectivity index (χ3v) is 3.54. The van der Waals surface area contributed by atoms with Gasteiger partial charge in [-0.05, 0) is 25.1 Å². The van der Waals surface area contributed by atoms with Crippen LogP contribution in [-0.4, -0.2) is 47.8 Å². The molecule has 1 aromatic carbocycles. The van der Waals surface area contributed by atoms with Crippen LogP contribution in [0.25, 0.3) is 0 Å². The van der Waals surface area contributed by atoms with Gasteiger partial charge in [0.15, 0.2) is 0 Å². The number of carbonyl (C=O) groups excluding carboxylic acids is 1. The number of hydrogen-bond acceptors (Lipinski definition) is 4. The molecule has 5 nitrogen and oxygen atoms in total. The monoisotopic (exact) mass is 282 g/mol. The maximum absolute atomic E-state index is 13.8. The van der Waals surface area contributed by atoms with E-state index in [1.165, 1.54) is 18.2 Å². The van der Waals surface area contributed by atoms with Crippen molar-refractivity contribution in [2.75, 3.05) is 19.8 Å². The Balaban J connectivity index is 2.15. The second-order valence-corrected chi connectivity index (χ2v) is 5.09. The molecule has 0 radical (unpaired) electrons. The molecule has 6 heteroatoms. The first kappa shape index (κ1) is 14.9. The Morgan fingerprint density at radius 1 is 1.60 bits per heavy atom. The molecule has 2 unspecified atom stereocenters. The summed E-state index contributed by atoms with van der Waals surface area (Å²) in [5.41, 5.74) is 5.92. The van der Waals surface area contributed by atoms with Crippen molar-refractivity contribution in [3.63, 3.8) is 0 Å². The first-order valence-corrected chi connectivity index (χ1v) is 6.56. The van der Waals surface area contributed by atoms with Crippen molar-refractivity contribution in [1.82, 2.24) is 4.90 Å². The van der Waals surface area contributed by atoms with Crippen LogP contribution >= 0.6 is 0 Å². The standard InChI is InChI=1S/C14H19FN2O3/c1-9-8-20-12(7-18)6-17(9)5-11-4-10(14(16)19)2-3-13(11)15/h2-4,9,12,18H,5-8H2,1H3,(H2,16,19). The highest BCUT2D eigenvalue weighted by molar-refractivity contribution is 5.92. The van der Waals surface area contributed by atoms with E-state index in [-0.39, 0.29) is 24.6 Å². The zero-order chi connectivity index (χ0) is 14.7. The van der Waals surface area contributed by atoms with E-state index < -0.39 is 5.91 Å². The third-order valence-electron chi connectivity index (χ3n) is 3.54. The Hall–Kier alpha value is -1.50. The number of aliphatic hydroxyl groups excluding tert-OH is 1. The van der Waals surface area contributed by atoms with E-state index in [0.717, 1.165) is 0 Å². The average Bonchev–Trinajstić information content (AvgIpc) is 2.43. The number of morpholine rings is 1. The molecule has 1 aromatic rings. The van der Waals surface area contributed by atoms with Crippen LogP contribution in [0, 0.1) is 5.82 Å².